The van der Waals surface area contributed by atoms with Gasteiger partial charge in [-0.15, -0.1) is 0 Å². The van der Waals surface area contributed by atoms with E-state index in [9.17, 15) is 9.59 Å². The second kappa shape index (κ2) is 6.55. The lowest BCUT2D eigenvalue weighted by Gasteiger charge is -2.26. The predicted octanol–water partition coefficient (Wildman–Crippen LogP) is 1.99. The molecule has 2 rings (SSSR count). The quantitative estimate of drug-likeness (QED) is 0.844. The molecule has 1 saturated heterocycles. The Kier molecular flexibility index (Phi) is 4.77. The first-order valence-electron chi connectivity index (χ1n) is 7.09. The molecular formula is C16H21NO3. The Hall–Kier alpha value is -1.84. The zero-order valence-corrected chi connectivity index (χ0v) is 12.1. The fourth-order valence-electron chi connectivity index (χ4n) is 2.51. The van der Waals surface area contributed by atoms with Gasteiger partial charge in [-0.3, -0.25) is 9.59 Å². The van der Waals surface area contributed by atoms with Crippen molar-refractivity contribution in [1.82, 2.24) is 4.90 Å². The highest BCUT2D eigenvalue weighted by atomic mass is 16.5. The van der Waals surface area contributed by atoms with E-state index in [0.717, 1.165) is 23.3 Å². The van der Waals surface area contributed by atoms with E-state index in [-0.39, 0.29) is 11.7 Å². The maximum Gasteiger partial charge on any atom is 0.227 e. The van der Waals surface area contributed by atoms with Crippen LogP contribution < -0.4 is 4.74 Å². The van der Waals surface area contributed by atoms with Gasteiger partial charge in [0.1, 0.15) is 11.5 Å². The van der Waals surface area contributed by atoms with E-state index in [1.807, 2.05) is 18.2 Å². The highest BCUT2D eigenvalue weighted by molar-refractivity contribution is 5.84. The van der Waals surface area contributed by atoms with Crippen molar-refractivity contribution in [2.24, 2.45) is 0 Å². The first-order chi connectivity index (χ1) is 9.63. The van der Waals surface area contributed by atoms with Crippen LogP contribution in [0.5, 0.6) is 5.75 Å². The second-order valence-corrected chi connectivity index (χ2v) is 5.10. The lowest BCUT2D eigenvalue weighted by molar-refractivity contribution is -0.133. The van der Waals surface area contributed by atoms with Crippen LogP contribution in [0.2, 0.25) is 0 Å². The molecule has 0 unspecified atom stereocenters. The van der Waals surface area contributed by atoms with Gasteiger partial charge in [0.05, 0.1) is 13.5 Å². The van der Waals surface area contributed by atoms with Gasteiger partial charge in [0.2, 0.25) is 5.91 Å². The molecule has 4 heteroatoms. The minimum absolute atomic E-state index is 0.102. The Balaban J connectivity index is 2.02. The molecule has 1 aromatic rings. The van der Waals surface area contributed by atoms with Crippen LogP contribution in [0, 0.1) is 0 Å². The van der Waals surface area contributed by atoms with Crippen molar-refractivity contribution in [2.45, 2.75) is 32.6 Å². The van der Waals surface area contributed by atoms with E-state index in [1.54, 1.807) is 12.0 Å². The molecule has 0 aromatic heterocycles. The van der Waals surface area contributed by atoms with Gasteiger partial charge in [0.15, 0.2) is 0 Å². The monoisotopic (exact) mass is 275 g/mol. The van der Waals surface area contributed by atoms with Crippen LogP contribution in [0.1, 0.15) is 30.9 Å². The van der Waals surface area contributed by atoms with Gasteiger partial charge < -0.3 is 9.64 Å². The minimum atomic E-state index is 0.102. The number of ether oxygens (including phenoxy) is 1. The average Bonchev–Trinajstić information content (AvgIpc) is 2.47. The number of Topliss-reactive ketones (excluding diaryl/α,β-unsaturated/α-hetero) is 1. The van der Waals surface area contributed by atoms with Crippen LogP contribution in [0.4, 0.5) is 0 Å². The number of rotatable bonds is 4. The molecule has 1 aliphatic rings. The van der Waals surface area contributed by atoms with Crippen molar-refractivity contribution in [3.63, 3.8) is 0 Å². The van der Waals surface area contributed by atoms with Crippen LogP contribution in [0.15, 0.2) is 18.2 Å². The van der Waals surface area contributed by atoms with Crippen molar-refractivity contribution < 1.29 is 14.3 Å². The maximum atomic E-state index is 12.2. The molecule has 20 heavy (non-hydrogen) atoms. The number of amides is 1. The SMILES string of the molecule is CCc1cc(CC(=O)N2CCC(=O)CC2)ccc1OC. The highest BCUT2D eigenvalue weighted by Crippen LogP contribution is 2.21. The lowest BCUT2D eigenvalue weighted by Crippen LogP contribution is -2.39. The molecule has 108 valence electrons. The summed E-state index contributed by atoms with van der Waals surface area (Å²) in [6, 6.07) is 5.89. The number of piperidine rings is 1. The van der Waals surface area contributed by atoms with E-state index in [4.69, 9.17) is 4.74 Å². The molecule has 1 aliphatic heterocycles. The van der Waals surface area contributed by atoms with Gasteiger partial charge in [0, 0.05) is 25.9 Å². The summed E-state index contributed by atoms with van der Waals surface area (Å²) in [5.74, 6) is 1.23. The Morgan fingerprint density at radius 1 is 1.30 bits per heavy atom. The van der Waals surface area contributed by atoms with E-state index in [2.05, 4.69) is 6.92 Å². The first-order valence-corrected chi connectivity index (χ1v) is 7.09. The van der Waals surface area contributed by atoms with Crippen LogP contribution in [-0.4, -0.2) is 36.8 Å². The predicted molar refractivity (Wildman–Crippen MR) is 76.9 cm³/mol. The van der Waals surface area contributed by atoms with Gasteiger partial charge >= 0.3 is 0 Å². The Morgan fingerprint density at radius 2 is 2.00 bits per heavy atom. The number of likely N-dealkylation sites (tertiary alicyclic amines) is 1. The van der Waals surface area contributed by atoms with E-state index in [1.165, 1.54) is 0 Å². The molecule has 0 spiro atoms. The molecule has 0 saturated carbocycles. The molecule has 0 atom stereocenters. The summed E-state index contributed by atoms with van der Waals surface area (Å²) in [7, 11) is 1.66. The van der Waals surface area contributed by atoms with E-state index < -0.39 is 0 Å². The van der Waals surface area contributed by atoms with Crippen LogP contribution in [-0.2, 0) is 22.4 Å². The number of benzene rings is 1. The zero-order chi connectivity index (χ0) is 14.5. The fourth-order valence-corrected chi connectivity index (χ4v) is 2.51. The van der Waals surface area contributed by atoms with E-state index >= 15 is 0 Å². The number of hydrogen-bond donors (Lipinski definition) is 0. The second-order valence-electron chi connectivity index (χ2n) is 5.10. The summed E-state index contributed by atoms with van der Waals surface area (Å²) < 4.78 is 5.29. The van der Waals surface area contributed by atoms with Gasteiger partial charge in [-0.25, -0.2) is 0 Å². The van der Waals surface area contributed by atoms with Crippen molar-refractivity contribution in [2.75, 3.05) is 20.2 Å². The molecule has 0 aliphatic carbocycles. The number of carbonyl (C=O) groups excluding carboxylic acids is 2. The Labute approximate surface area is 119 Å². The van der Waals surface area contributed by atoms with Crippen molar-refractivity contribution in [3.05, 3.63) is 29.3 Å². The number of ketones is 1. The molecular weight excluding hydrogens is 254 g/mol. The fraction of sp³-hybridized carbons (Fsp3) is 0.500. The van der Waals surface area contributed by atoms with Gasteiger partial charge in [-0.1, -0.05) is 19.1 Å². The summed E-state index contributed by atoms with van der Waals surface area (Å²) in [4.78, 5) is 25.2. The van der Waals surface area contributed by atoms with Gasteiger partial charge in [-0.2, -0.15) is 0 Å². The summed E-state index contributed by atoms with van der Waals surface area (Å²) in [6.45, 7) is 3.20. The smallest absolute Gasteiger partial charge is 0.227 e. The molecule has 0 radical (unpaired) electrons. The molecule has 1 aromatic carbocycles. The third-order valence-electron chi connectivity index (χ3n) is 3.75. The minimum Gasteiger partial charge on any atom is -0.496 e. The first kappa shape index (κ1) is 14.6. The molecule has 4 nitrogen and oxygen atoms in total. The Morgan fingerprint density at radius 3 is 2.60 bits per heavy atom. The van der Waals surface area contributed by atoms with Crippen molar-refractivity contribution in [1.29, 1.82) is 0 Å². The zero-order valence-electron chi connectivity index (χ0n) is 12.1. The molecule has 1 fully saturated rings. The molecule has 0 N–H and O–H groups in total. The summed E-state index contributed by atoms with van der Waals surface area (Å²) in [6.07, 6.45) is 2.26. The molecule has 1 heterocycles. The summed E-state index contributed by atoms with van der Waals surface area (Å²) in [5.41, 5.74) is 2.12. The van der Waals surface area contributed by atoms with Crippen LogP contribution in [0.3, 0.4) is 0 Å². The average molecular weight is 275 g/mol. The maximum absolute atomic E-state index is 12.2. The van der Waals surface area contributed by atoms with Crippen molar-refractivity contribution >= 4 is 11.7 Å². The van der Waals surface area contributed by atoms with Crippen LogP contribution in [0.25, 0.3) is 0 Å². The van der Waals surface area contributed by atoms with E-state index in [0.29, 0.717) is 32.4 Å². The number of carbonyl (C=O) groups is 2. The third kappa shape index (κ3) is 3.38. The summed E-state index contributed by atoms with van der Waals surface area (Å²) >= 11 is 0. The highest BCUT2D eigenvalue weighted by Gasteiger charge is 2.20. The van der Waals surface area contributed by atoms with Gasteiger partial charge in [0.25, 0.3) is 0 Å². The normalized spacial score (nSPS) is 15.3. The lowest BCUT2D eigenvalue weighted by atomic mass is 10.0. The number of methoxy groups -OCH3 is 1. The number of aryl methyl sites for hydroxylation is 1. The van der Waals surface area contributed by atoms with Crippen LogP contribution >= 0.6 is 0 Å². The largest absolute Gasteiger partial charge is 0.496 e. The van der Waals surface area contributed by atoms with Gasteiger partial charge in [-0.05, 0) is 23.6 Å². The standard InChI is InChI=1S/C16H21NO3/c1-3-13-10-12(4-5-15(13)20-2)11-16(19)17-8-6-14(18)7-9-17/h4-5,10H,3,6-9,11H2,1-2H3. The summed E-state index contributed by atoms with van der Waals surface area (Å²) in [5, 5.41) is 0. The molecule has 1 amide bonds. The topological polar surface area (TPSA) is 46.6 Å². The Bertz CT molecular complexity index is 500. The number of nitrogens with zero attached hydrogens (tertiary/aromatic N) is 1. The third-order valence-corrected chi connectivity index (χ3v) is 3.75. The molecule has 0 bridgehead atoms. The van der Waals surface area contributed by atoms with Crippen molar-refractivity contribution in [3.8, 4) is 5.75 Å². The number of hydrogen-bond acceptors (Lipinski definition) is 3.